The fraction of sp³-hybridized carbons (Fsp3) is 0.733. The normalized spacial score (nSPS) is 26.6. The zero-order valence-electron chi connectivity index (χ0n) is 12.9. The van der Waals surface area contributed by atoms with Gasteiger partial charge in [-0.3, -0.25) is 19.4 Å². The van der Waals surface area contributed by atoms with Crippen LogP contribution in [0.25, 0.3) is 0 Å². The highest BCUT2D eigenvalue weighted by atomic mass is 16.5. The number of nitrogens with zero attached hydrogens (tertiary/aromatic N) is 1. The topological polar surface area (TPSA) is 72.8 Å². The van der Waals surface area contributed by atoms with Crippen molar-refractivity contribution in [1.29, 1.82) is 0 Å². The minimum atomic E-state index is -0.899. The van der Waals surface area contributed by atoms with Gasteiger partial charge in [-0.05, 0) is 11.8 Å². The summed E-state index contributed by atoms with van der Waals surface area (Å²) in [7, 11) is 2.84. The Hall–Kier alpha value is -1.52. The van der Waals surface area contributed by atoms with Gasteiger partial charge in [-0.2, -0.15) is 0 Å². The summed E-state index contributed by atoms with van der Waals surface area (Å²) < 4.78 is 4.74. The van der Waals surface area contributed by atoms with Crippen molar-refractivity contribution in [2.24, 2.45) is 22.2 Å². The van der Waals surface area contributed by atoms with Crippen molar-refractivity contribution in [2.75, 3.05) is 14.2 Å². The SMILES string of the molecule is CCCC(=NC)C1C(=O)CC(C)(C)[C@H](C(=O)OC)C1=O. The van der Waals surface area contributed by atoms with Crippen LogP contribution in [-0.4, -0.2) is 37.4 Å². The number of aliphatic imine (C=N–C) groups is 1. The summed E-state index contributed by atoms with van der Waals surface area (Å²) >= 11 is 0. The highest BCUT2D eigenvalue weighted by Gasteiger charge is 2.52. The molecular formula is C15H23NO4. The summed E-state index contributed by atoms with van der Waals surface area (Å²) in [6, 6.07) is 0. The van der Waals surface area contributed by atoms with Gasteiger partial charge in [0.1, 0.15) is 17.6 Å². The second-order valence-corrected chi connectivity index (χ2v) is 5.89. The van der Waals surface area contributed by atoms with E-state index in [-0.39, 0.29) is 18.0 Å². The fourth-order valence-corrected chi connectivity index (χ4v) is 2.91. The molecule has 0 aliphatic heterocycles. The van der Waals surface area contributed by atoms with Gasteiger partial charge in [-0.15, -0.1) is 0 Å². The fourth-order valence-electron chi connectivity index (χ4n) is 2.91. The van der Waals surface area contributed by atoms with Gasteiger partial charge in [-0.25, -0.2) is 0 Å². The summed E-state index contributed by atoms with van der Waals surface area (Å²) in [5.41, 5.74) is -0.130. The van der Waals surface area contributed by atoms with Crippen LogP contribution < -0.4 is 0 Å². The van der Waals surface area contributed by atoms with Crippen LogP contribution >= 0.6 is 0 Å². The van der Waals surface area contributed by atoms with E-state index in [4.69, 9.17) is 4.74 Å². The third-order valence-corrected chi connectivity index (χ3v) is 3.87. The van der Waals surface area contributed by atoms with Crippen LogP contribution in [0, 0.1) is 17.3 Å². The number of carbonyl (C=O) groups is 3. The number of ether oxygens (including phenoxy) is 1. The van der Waals surface area contributed by atoms with Crippen LogP contribution in [0.4, 0.5) is 0 Å². The number of ketones is 2. The van der Waals surface area contributed by atoms with E-state index in [2.05, 4.69) is 4.99 Å². The highest BCUT2D eigenvalue weighted by molar-refractivity contribution is 6.26. The van der Waals surface area contributed by atoms with Crippen LogP contribution in [0.1, 0.15) is 40.0 Å². The molecule has 1 rings (SSSR count). The number of rotatable bonds is 4. The van der Waals surface area contributed by atoms with Gasteiger partial charge in [0.15, 0.2) is 5.78 Å². The molecule has 1 aliphatic carbocycles. The van der Waals surface area contributed by atoms with Gasteiger partial charge in [0.2, 0.25) is 0 Å². The van der Waals surface area contributed by atoms with Crippen LogP contribution in [0.2, 0.25) is 0 Å². The predicted molar refractivity (Wildman–Crippen MR) is 75.7 cm³/mol. The maximum atomic E-state index is 12.6. The highest BCUT2D eigenvalue weighted by Crippen LogP contribution is 2.40. The molecule has 0 amide bonds. The lowest BCUT2D eigenvalue weighted by Crippen LogP contribution is -2.52. The second kappa shape index (κ2) is 6.29. The van der Waals surface area contributed by atoms with Gasteiger partial charge in [-0.1, -0.05) is 27.2 Å². The van der Waals surface area contributed by atoms with Crippen molar-refractivity contribution in [3.8, 4) is 0 Å². The van der Waals surface area contributed by atoms with Gasteiger partial charge >= 0.3 is 5.97 Å². The smallest absolute Gasteiger partial charge is 0.316 e. The molecular weight excluding hydrogens is 258 g/mol. The van der Waals surface area contributed by atoms with Gasteiger partial charge < -0.3 is 4.74 Å². The van der Waals surface area contributed by atoms with E-state index in [1.807, 2.05) is 6.92 Å². The molecule has 0 bridgehead atoms. The molecule has 1 aliphatic rings. The third kappa shape index (κ3) is 2.97. The number of methoxy groups -OCH3 is 1. The maximum Gasteiger partial charge on any atom is 0.316 e. The molecule has 0 N–H and O–H groups in total. The van der Waals surface area contributed by atoms with Crippen molar-refractivity contribution in [3.63, 3.8) is 0 Å². The molecule has 0 saturated heterocycles. The Labute approximate surface area is 119 Å². The summed E-state index contributed by atoms with van der Waals surface area (Å²) in [5, 5.41) is 0. The minimum absolute atomic E-state index is 0.144. The number of Topliss-reactive ketones (excluding diaryl/α,β-unsaturated/α-hetero) is 2. The van der Waals surface area contributed by atoms with Crippen LogP contribution in [0.5, 0.6) is 0 Å². The summed E-state index contributed by atoms with van der Waals surface area (Å²) in [4.78, 5) is 40.9. The molecule has 1 fully saturated rings. The van der Waals surface area contributed by atoms with Gasteiger partial charge in [0.05, 0.1) is 7.11 Å². The Kier molecular flexibility index (Phi) is 5.20. The molecule has 0 aromatic heterocycles. The first-order valence-electron chi connectivity index (χ1n) is 6.90. The van der Waals surface area contributed by atoms with E-state index >= 15 is 0 Å². The van der Waals surface area contributed by atoms with Crippen molar-refractivity contribution in [2.45, 2.75) is 40.0 Å². The Morgan fingerprint density at radius 2 is 2.00 bits per heavy atom. The molecule has 1 unspecified atom stereocenters. The summed E-state index contributed by atoms with van der Waals surface area (Å²) in [6.07, 6.45) is 1.58. The zero-order valence-corrected chi connectivity index (χ0v) is 12.9. The lowest BCUT2D eigenvalue weighted by molar-refractivity contribution is -0.159. The summed E-state index contributed by atoms with van der Waals surface area (Å²) in [5.74, 6) is -2.85. The predicted octanol–water partition coefficient (Wildman–Crippen LogP) is 1.83. The number of esters is 1. The van der Waals surface area contributed by atoms with Crippen molar-refractivity contribution in [1.82, 2.24) is 0 Å². The second-order valence-electron chi connectivity index (χ2n) is 5.89. The first-order chi connectivity index (χ1) is 9.30. The maximum absolute atomic E-state index is 12.6. The number of hydrogen-bond acceptors (Lipinski definition) is 5. The van der Waals surface area contributed by atoms with Crippen LogP contribution in [-0.2, 0) is 19.1 Å². The first kappa shape index (κ1) is 16.5. The van der Waals surface area contributed by atoms with Gasteiger partial charge in [0.25, 0.3) is 0 Å². The molecule has 112 valence electrons. The molecule has 0 spiro atoms. The van der Waals surface area contributed by atoms with E-state index in [1.54, 1.807) is 20.9 Å². The molecule has 0 heterocycles. The van der Waals surface area contributed by atoms with Crippen LogP contribution in [0.15, 0.2) is 4.99 Å². The third-order valence-electron chi connectivity index (χ3n) is 3.87. The largest absolute Gasteiger partial charge is 0.468 e. The molecule has 5 nitrogen and oxygen atoms in total. The first-order valence-corrected chi connectivity index (χ1v) is 6.90. The molecule has 20 heavy (non-hydrogen) atoms. The van der Waals surface area contributed by atoms with Crippen LogP contribution in [0.3, 0.4) is 0 Å². The van der Waals surface area contributed by atoms with E-state index < -0.39 is 23.2 Å². The quantitative estimate of drug-likeness (QED) is 0.447. The Bertz CT molecular complexity index is 451. The van der Waals surface area contributed by atoms with Gasteiger partial charge in [0, 0.05) is 19.2 Å². The average Bonchev–Trinajstić information content (AvgIpc) is 2.35. The monoisotopic (exact) mass is 281 g/mol. The standard InChI is InChI=1S/C15H23NO4/c1-6-7-9(16-4)11-10(17)8-15(2,3)12(13(11)18)14(19)20-5/h11-12H,6-8H2,1-5H3/t11?,12-/m0/s1. The minimum Gasteiger partial charge on any atom is -0.468 e. The molecule has 5 heteroatoms. The van der Waals surface area contributed by atoms with Crippen molar-refractivity contribution in [3.05, 3.63) is 0 Å². The molecule has 1 saturated carbocycles. The lowest BCUT2D eigenvalue weighted by Gasteiger charge is -2.38. The zero-order chi connectivity index (χ0) is 15.5. The average molecular weight is 281 g/mol. The lowest BCUT2D eigenvalue weighted by atomic mass is 9.63. The number of hydrogen-bond donors (Lipinski definition) is 0. The molecule has 0 aromatic rings. The van der Waals surface area contributed by atoms with E-state index in [0.29, 0.717) is 12.1 Å². The Morgan fingerprint density at radius 1 is 1.40 bits per heavy atom. The Morgan fingerprint density at radius 3 is 2.45 bits per heavy atom. The Balaban J connectivity index is 3.20. The number of carbonyl (C=O) groups excluding carboxylic acids is 3. The molecule has 0 aromatic carbocycles. The van der Waals surface area contributed by atoms with Crippen molar-refractivity contribution >= 4 is 23.2 Å². The van der Waals surface area contributed by atoms with E-state index in [1.165, 1.54) is 7.11 Å². The molecule has 0 radical (unpaired) electrons. The summed E-state index contributed by atoms with van der Waals surface area (Å²) in [6.45, 7) is 5.47. The molecule has 2 atom stereocenters. The van der Waals surface area contributed by atoms with Crippen molar-refractivity contribution < 1.29 is 19.1 Å². The van der Waals surface area contributed by atoms with E-state index in [9.17, 15) is 14.4 Å². The van der Waals surface area contributed by atoms with E-state index in [0.717, 1.165) is 6.42 Å².